The first-order chi connectivity index (χ1) is 12.0. The molecule has 1 fully saturated rings. The van der Waals surface area contributed by atoms with Crippen LogP contribution in [0.1, 0.15) is 43.8 Å². The second kappa shape index (κ2) is 8.09. The molecule has 0 saturated heterocycles. The Kier molecular flexibility index (Phi) is 6.06. The summed E-state index contributed by atoms with van der Waals surface area (Å²) in [5.41, 5.74) is 0. The fourth-order valence-electron chi connectivity index (χ4n) is 3.03. The summed E-state index contributed by atoms with van der Waals surface area (Å²) in [6.07, 6.45) is 5.86. The van der Waals surface area contributed by atoms with Crippen LogP contribution in [0.5, 0.6) is 0 Å². The van der Waals surface area contributed by atoms with Crippen LogP contribution in [0.25, 0.3) is 0 Å². The van der Waals surface area contributed by atoms with Gasteiger partial charge in [0.15, 0.2) is 15.7 Å². The number of nitrogens with zero attached hydrogens (tertiary/aromatic N) is 3. The normalized spacial score (nSPS) is 16.2. The molecule has 0 spiro atoms. The third-order valence-corrected chi connectivity index (χ3v) is 7.88. The van der Waals surface area contributed by atoms with Crippen molar-refractivity contribution in [2.24, 2.45) is 0 Å². The van der Waals surface area contributed by atoms with Crippen molar-refractivity contribution in [2.75, 3.05) is 17.3 Å². The molecule has 1 heterocycles. The SMILES string of the molecule is Nn1c(SCCS(=O)(=O)c2ccc(Br)cc2)nnc1C1CCCCC1. The third kappa shape index (κ3) is 4.57. The Hall–Kier alpha value is -1.06. The molecule has 1 aliphatic rings. The van der Waals surface area contributed by atoms with Crippen LogP contribution >= 0.6 is 27.7 Å². The molecule has 1 aromatic carbocycles. The van der Waals surface area contributed by atoms with E-state index >= 15 is 0 Å². The van der Waals surface area contributed by atoms with Crippen LogP contribution in [-0.2, 0) is 9.84 Å². The summed E-state index contributed by atoms with van der Waals surface area (Å²) in [4.78, 5) is 0.327. The molecule has 3 rings (SSSR count). The van der Waals surface area contributed by atoms with Crippen molar-refractivity contribution in [1.82, 2.24) is 14.9 Å². The molecule has 25 heavy (non-hydrogen) atoms. The molecule has 1 aliphatic carbocycles. The highest BCUT2D eigenvalue weighted by atomic mass is 79.9. The van der Waals surface area contributed by atoms with E-state index in [2.05, 4.69) is 26.1 Å². The molecule has 2 aromatic rings. The molecule has 0 radical (unpaired) electrons. The standard InChI is InChI=1S/C16H21BrN4O2S2/c17-13-6-8-14(9-7-13)25(22,23)11-10-24-16-20-19-15(21(16)18)12-4-2-1-3-5-12/h6-9,12H,1-5,10-11,18H2. The van der Waals surface area contributed by atoms with Gasteiger partial charge in [-0.05, 0) is 37.1 Å². The van der Waals surface area contributed by atoms with E-state index < -0.39 is 9.84 Å². The Labute approximate surface area is 160 Å². The number of nitrogen functional groups attached to an aromatic ring is 1. The van der Waals surface area contributed by atoms with E-state index in [1.165, 1.54) is 35.7 Å². The fraction of sp³-hybridized carbons (Fsp3) is 0.500. The van der Waals surface area contributed by atoms with E-state index in [-0.39, 0.29) is 5.75 Å². The minimum absolute atomic E-state index is 0.0327. The Morgan fingerprint density at radius 2 is 1.84 bits per heavy atom. The second-order valence-corrected chi connectivity index (χ2v) is 10.3. The molecule has 0 unspecified atom stereocenters. The summed E-state index contributed by atoms with van der Waals surface area (Å²) in [5, 5.41) is 8.96. The highest BCUT2D eigenvalue weighted by Gasteiger charge is 2.23. The Balaban J connectivity index is 1.60. The summed E-state index contributed by atoms with van der Waals surface area (Å²) in [6.45, 7) is 0. The van der Waals surface area contributed by atoms with Crippen LogP contribution in [-0.4, -0.2) is 34.8 Å². The molecule has 0 atom stereocenters. The minimum atomic E-state index is -3.31. The maximum absolute atomic E-state index is 12.4. The van der Waals surface area contributed by atoms with Gasteiger partial charge in [0.1, 0.15) is 0 Å². The van der Waals surface area contributed by atoms with Gasteiger partial charge < -0.3 is 5.84 Å². The van der Waals surface area contributed by atoms with Crippen molar-refractivity contribution in [3.8, 4) is 0 Å². The Morgan fingerprint density at radius 1 is 1.16 bits per heavy atom. The summed E-state index contributed by atoms with van der Waals surface area (Å²) in [5.74, 6) is 7.73. The van der Waals surface area contributed by atoms with Gasteiger partial charge in [0, 0.05) is 16.1 Å². The zero-order valence-corrected chi connectivity index (χ0v) is 17.0. The van der Waals surface area contributed by atoms with Gasteiger partial charge in [-0.2, -0.15) is 0 Å². The lowest BCUT2D eigenvalue weighted by Crippen LogP contribution is -2.19. The van der Waals surface area contributed by atoms with Crippen molar-refractivity contribution < 1.29 is 8.42 Å². The first-order valence-corrected chi connectivity index (χ1v) is 11.7. The fourth-order valence-corrected chi connectivity index (χ4v) is 5.80. The van der Waals surface area contributed by atoms with Crippen molar-refractivity contribution in [3.63, 3.8) is 0 Å². The number of rotatable bonds is 6. The van der Waals surface area contributed by atoms with E-state index in [4.69, 9.17) is 5.84 Å². The smallest absolute Gasteiger partial charge is 0.209 e. The molecule has 0 bridgehead atoms. The molecule has 136 valence electrons. The van der Waals surface area contributed by atoms with Crippen molar-refractivity contribution in [1.29, 1.82) is 0 Å². The van der Waals surface area contributed by atoms with Crippen molar-refractivity contribution in [2.45, 2.75) is 48.1 Å². The van der Waals surface area contributed by atoms with Gasteiger partial charge in [0.05, 0.1) is 10.6 Å². The van der Waals surface area contributed by atoms with Crippen molar-refractivity contribution in [3.05, 3.63) is 34.6 Å². The number of thioether (sulfide) groups is 1. The van der Waals surface area contributed by atoms with Gasteiger partial charge >= 0.3 is 0 Å². The van der Waals surface area contributed by atoms with Gasteiger partial charge in [-0.15, -0.1) is 10.2 Å². The van der Waals surface area contributed by atoms with Crippen LogP contribution in [0, 0.1) is 0 Å². The van der Waals surface area contributed by atoms with Gasteiger partial charge in [0.2, 0.25) is 5.16 Å². The molecule has 0 amide bonds. The molecular formula is C16H21BrN4O2S2. The van der Waals surface area contributed by atoms with Crippen LogP contribution in [0.3, 0.4) is 0 Å². The Bertz CT molecular complexity index is 815. The largest absolute Gasteiger partial charge is 0.336 e. The number of aromatic nitrogens is 3. The highest BCUT2D eigenvalue weighted by molar-refractivity contribution is 9.10. The van der Waals surface area contributed by atoms with Crippen LogP contribution < -0.4 is 5.84 Å². The zero-order chi connectivity index (χ0) is 17.9. The number of nitrogens with two attached hydrogens (primary N) is 1. The molecule has 9 heteroatoms. The lowest BCUT2D eigenvalue weighted by Gasteiger charge is -2.20. The summed E-state index contributed by atoms with van der Waals surface area (Å²) in [7, 11) is -3.31. The number of hydrogen-bond donors (Lipinski definition) is 1. The third-order valence-electron chi connectivity index (χ3n) is 4.42. The average Bonchev–Trinajstić information content (AvgIpc) is 2.97. The first kappa shape index (κ1) is 18.7. The lowest BCUT2D eigenvalue weighted by molar-refractivity contribution is 0.421. The number of benzene rings is 1. The highest BCUT2D eigenvalue weighted by Crippen LogP contribution is 2.32. The van der Waals surface area contributed by atoms with E-state index in [0.717, 1.165) is 23.1 Å². The number of hydrogen-bond acceptors (Lipinski definition) is 6. The van der Waals surface area contributed by atoms with E-state index in [9.17, 15) is 8.42 Å². The van der Waals surface area contributed by atoms with Gasteiger partial charge in [0.25, 0.3) is 0 Å². The van der Waals surface area contributed by atoms with E-state index in [1.54, 1.807) is 24.3 Å². The van der Waals surface area contributed by atoms with E-state index in [1.807, 2.05) is 0 Å². The monoisotopic (exact) mass is 444 g/mol. The van der Waals surface area contributed by atoms with Crippen LogP contribution in [0.15, 0.2) is 38.8 Å². The van der Waals surface area contributed by atoms with Crippen LogP contribution in [0.4, 0.5) is 0 Å². The van der Waals surface area contributed by atoms with E-state index in [0.29, 0.717) is 21.7 Å². The maximum atomic E-state index is 12.4. The lowest BCUT2D eigenvalue weighted by atomic mass is 9.89. The van der Waals surface area contributed by atoms with Gasteiger partial charge in [-0.25, -0.2) is 13.1 Å². The predicted octanol–water partition coefficient (Wildman–Crippen LogP) is 3.37. The average molecular weight is 445 g/mol. The predicted molar refractivity (Wildman–Crippen MR) is 103 cm³/mol. The summed E-state index contributed by atoms with van der Waals surface area (Å²) >= 11 is 4.64. The van der Waals surface area contributed by atoms with Gasteiger partial charge in [-0.1, -0.05) is 47.0 Å². The molecule has 1 aromatic heterocycles. The Morgan fingerprint density at radius 3 is 2.52 bits per heavy atom. The molecule has 2 N–H and O–H groups in total. The number of halogens is 1. The summed E-state index contributed by atoms with van der Waals surface area (Å²) in [6, 6.07) is 6.67. The molecular weight excluding hydrogens is 424 g/mol. The topological polar surface area (TPSA) is 90.9 Å². The second-order valence-electron chi connectivity index (χ2n) is 6.17. The molecule has 0 aliphatic heterocycles. The van der Waals surface area contributed by atoms with Crippen LogP contribution in [0.2, 0.25) is 0 Å². The van der Waals surface area contributed by atoms with Gasteiger partial charge in [-0.3, -0.25) is 0 Å². The minimum Gasteiger partial charge on any atom is -0.336 e. The molecule has 6 nitrogen and oxygen atoms in total. The summed E-state index contributed by atoms with van der Waals surface area (Å²) < 4.78 is 27.1. The quantitative estimate of drug-likeness (QED) is 0.542. The maximum Gasteiger partial charge on any atom is 0.209 e. The number of sulfone groups is 1. The first-order valence-electron chi connectivity index (χ1n) is 8.29. The molecule has 1 saturated carbocycles. The zero-order valence-electron chi connectivity index (χ0n) is 13.8. The van der Waals surface area contributed by atoms with Crippen molar-refractivity contribution >= 4 is 37.5 Å².